The summed E-state index contributed by atoms with van der Waals surface area (Å²) in [5.74, 6) is -1.60. The van der Waals surface area contributed by atoms with Crippen LogP contribution in [0.5, 0.6) is 23.0 Å². The Hall–Kier alpha value is -5.44. The molecule has 37 heavy (non-hydrogen) atoms. The predicted molar refractivity (Wildman–Crippen MR) is 140 cm³/mol. The number of urea groups is 1. The fourth-order valence-corrected chi connectivity index (χ4v) is 3.37. The fourth-order valence-electron chi connectivity index (χ4n) is 3.37. The summed E-state index contributed by atoms with van der Waals surface area (Å²) in [5, 5.41) is 43.8. The maximum Gasteiger partial charge on any atom is 0.323 e. The van der Waals surface area contributed by atoms with Crippen LogP contribution < -0.4 is 16.1 Å². The minimum absolute atomic E-state index is 0.0872. The molecule has 6 N–H and O–H groups in total. The molecule has 0 radical (unpaired) electrons. The third-order valence-electron chi connectivity index (χ3n) is 5.15. The monoisotopic (exact) mass is 498 g/mol. The molecule has 9 nitrogen and oxygen atoms in total. The van der Waals surface area contributed by atoms with Gasteiger partial charge in [0.1, 0.15) is 11.3 Å². The lowest BCUT2D eigenvalue weighted by Gasteiger charge is -2.07. The molecule has 0 saturated heterocycles. The van der Waals surface area contributed by atoms with Gasteiger partial charge >= 0.3 is 6.03 Å². The molecule has 0 spiro atoms. The number of hydrogen-bond acceptors (Lipinski definition) is 7. The standard InChI is InChI=1S/C15H10O6.C13H12N2O/c16-8-2-3-9-12(6-8)21-15(14(20)13(9)19)7-1-4-10(17)11(18)5-7;16-13(14-11-7-3-1-4-8-11)15-12-9-5-2-6-10-12/h1-6,16-18,20H;1-10H,(H2,14,15,16). The first-order chi connectivity index (χ1) is 17.8. The van der Waals surface area contributed by atoms with Gasteiger partial charge in [-0.2, -0.15) is 0 Å². The Kier molecular flexibility index (Phi) is 7.25. The highest BCUT2D eigenvalue weighted by atomic mass is 16.4. The third kappa shape index (κ3) is 5.98. The van der Waals surface area contributed by atoms with Gasteiger partial charge in [0.2, 0.25) is 11.2 Å². The molecule has 0 fully saturated rings. The van der Waals surface area contributed by atoms with Crippen LogP contribution in [0.25, 0.3) is 22.3 Å². The Bertz CT molecular complexity index is 1560. The van der Waals surface area contributed by atoms with Gasteiger partial charge in [0.15, 0.2) is 17.3 Å². The van der Waals surface area contributed by atoms with E-state index in [1.165, 1.54) is 30.3 Å². The predicted octanol–water partition coefficient (Wildman–Crippen LogP) is 5.61. The number of phenolic OH excluding ortho intramolecular Hbond substituents is 3. The molecule has 4 aromatic carbocycles. The maximum atomic E-state index is 12.1. The molecular weight excluding hydrogens is 476 g/mol. The van der Waals surface area contributed by atoms with Crippen LogP contribution in [0.1, 0.15) is 0 Å². The molecule has 5 aromatic rings. The Balaban J connectivity index is 0.000000180. The Morgan fingerprint density at radius 1 is 0.676 bits per heavy atom. The second-order valence-electron chi connectivity index (χ2n) is 7.80. The van der Waals surface area contributed by atoms with Gasteiger partial charge in [-0.25, -0.2) is 4.79 Å². The van der Waals surface area contributed by atoms with E-state index in [-0.39, 0.29) is 39.8 Å². The van der Waals surface area contributed by atoms with Gasteiger partial charge in [0.25, 0.3) is 0 Å². The largest absolute Gasteiger partial charge is 0.508 e. The van der Waals surface area contributed by atoms with Crippen molar-refractivity contribution in [2.45, 2.75) is 0 Å². The van der Waals surface area contributed by atoms with Gasteiger partial charge in [-0.1, -0.05) is 36.4 Å². The Labute approximate surface area is 210 Å². The van der Waals surface area contributed by atoms with Crippen LogP contribution in [-0.4, -0.2) is 26.5 Å². The van der Waals surface area contributed by atoms with Gasteiger partial charge < -0.3 is 35.5 Å². The molecule has 0 saturated carbocycles. The molecule has 186 valence electrons. The van der Waals surface area contributed by atoms with Crippen molar-refractivity contribution in [1.82, 2.24) is 0 Å². The number of rotatable bonds is 3. The van der Waals surface area contributed by atoms with Crippen molar-refractivity contribution in [2.75, 3.05) is 10.6 Å². The maximum absolute atomic E-state index is 12.1. The highest BCUT2D eigenvalue weighted by molar-refractivity contribution is 5.99. The van der Waals surface area contributed by atoms with Crippen molar-refractivity contribution in [3.63, 3.8) is 0 Å². The minimum atomic E-state index is -0.654. The number of amides is 2. The molecule has 5 rings (SSSR count). The third-order valence-corrected chi connectivity index (χ3v) is 5.15. The minimum Gasteiger partial charge on any atom is -0.508 e. The SMILES string of the molecule is O=C(Nc1ccccc1)Nc1ccccc1.O=c1c(O)c(-c2ccc(O)c(O)c2)oc2cc(O)ccc12. The number of aromatic hydroxyl groups is 4. The van der Waals surface area contributed by atoms with Gasteiger partial charge in [-0.3, -0.25) is 4.79 Å². The zero-order chi connectivity index (χ0) is 26.4. The van der Waals surface area contributed by atoms with Crippen molar-refractivity contribution in [1.29, 1.82) is 0 Å². The number of carbonyl (C=O) groups excluding carboxylic acids is 1. The quantitative estimate of drug-likeness (QED) is 0.177. The van der Waals surface area contributed by atoms with Gasteiger partial charge in [-0.05, 0) is 54.6 Å². The van der Waals surface area contributed by atoms with E-state index in [2.05, 4.69) is 10.6 Å². The van der Waals surface area contributed by atoms with Crippen LogP contribution >= 0.6 is 0 Å². The van der Waals surface area contributed by atoms with Crippen LogP contribution in [0, 0.1) is 0 Å². The van der Waals surface area contributed by atoms with Gasteiger partial charge in [-0.15, -0.1) is 0 Å². The van der Waals surface area contributed by atoms with Crippen molar-refractivity contribution >= 4 is 28.4 Å². The summed E-state index contributed by atoms with van der Waals surface area (Å²) in [6, 6.07) is 26.0. The molecule has 0 aliphatic heterocycles. The lowest BCUT2D eigenvalue weighted by molar-refractivity contribution is 0.262. The smallest absolute Gasteiger partial charge is 0.323 e. The number of phenols is 3. The van der Waals surface area contributed by atoms with E-state index in [0.717, 1.165) is 17.4 Å². The van der Waals surface area contributed by atoms with Crippen molar-refractivity contribution in [2.24, 2.45) is 0 Å². The number of fused-ring (bicyclic) bond motifs is 1. The van der Waals surface area contributed by atoms with Crippen molar-refractivity contribution in [3.8, 4) is 34.3 Å². The van der Waals surface area contributed by atoms with E-state index in [4.69, 9.17) is 4.42 Å². The first kappa shape index (κ1) is 24.7. The van der Waals surface area contributed by atoms with Gasteiger partial charge in [0.05, 0.1) is 5.39 Å². The van der Waals surface area contributed by atoms with Crippen LogP contribution in [0.3, 0.4) is 0 Å². The summed E-state index contributed by atoms with van der Waals surface area (Å²) in [4.78, 5) is 23.6. The molecule has 1 heterocycles. The fraction of sp³-hybridized carbons (Fsp3) is 0. The molecule has 9 heteroatoms. The zero-order valence-corrected chi connectivity index (χ0v) is 19.3. The average Bonchev–Trinajstić information content (AvgIpc) is 2.89. The second kappa shape index (κ2) is 10.9. The topological polar surface area (TPSA) is 152 Å². The Morgan fingerprint density at radius 3 is 1.84 bits per heavy atom. The molecule has 0 bridgehead atoms. The summed E-state index contributed by atoms with van der Waals surface area (Å²) >= 11 is 0. The highest BCUT2D eigenvalue weighted by Gasteiger charge is 2.16. The zero-order valence-electron chi connectivity index (χ0n) is 19.3. The van der Waals surface area contributed by atoms with Crippen LogP contribution in [0.15, 0.2) is 106 Å². The van der Waals surface area contributed by atoms with Crippen LogP contribution in [0.4, 0.5) is 16.2 Å². The lowest BCUT2D eigenvalue weighted by Crippen LogP contribution is -2.19. The van der Waals surface area contributed by atoms with E-state index in [9.17, 15) is 30.0 Å². The summed E-state index contributed by atoms with van der Waals surface area (Å²) in [6.07, 6.45) is 0. The first-order valence-electron chi connectivity index (χ1n) is 11.0. The summed E-state index contributed by atoms with van der Waals surface area (Å²) < 4.78 is 5.43. The normalized spacial score (nSPS) is 10.3. The number of benzene rings is 4. The van der Waals surface area contributed by atoms with E-state index in [1.807, 2.05) is 60.7 Å². The summed E-state index contributed by atoms with van der Waals surface area (Å²) in [7, 11) is 0. The number of para-hydroxylation sites is 2. The molecule has 1 aromatic heterocycles. The number of hydrogen-bond donors (Lipinski definition) is 6. The highest BCUT2D eigenvalue weighted by Crippen LogP contribution is 2.35. The first-order valence-corrected chi connectivity index (χ1v) is 11.0. The molecule has 0 aliphatic carbocycles. The molecule has 0 aliphatic rings. The van der Waals surface area contributed by atoms with E-state index < -0.39 is 16.9 Å². The van der Waals surface area contributed by atoms with Crippen LogP contribution in [-0.2, 0) is 0 Å². The number of nitrogens with one attached hydrogen (secondary N) is 2. The molecule has 0 unspecified atom stereocenters. The number of anilines is 2. The van der Waals surface area contributed by atoms with Crippen LogP contribution in [0.2, 0.25) is 0 Å². The van der Waals surface area contributed by atoms with Gasteiger partial charge in [0, 0.05) is 23.0 Å². The van der Waals surface area contributed by atoms with E-state index in [1.54, 1.807) is 0 Å². The van der Waals surface area contributed by atoms with E-state index in [0.29, 0.717) is 0 Å². The lowest BCUT2D eigenvalue weighted by atomic mass is 10.1. The van der Waals surface area contributed by atoms with Crippen molar-refractivity contribution in [3.05, 3.63) is 107 Å². The van der Waals surface area contributed by atoms with E-state index >= 15 is 0 Å². The molecule has 0 atom stereocenters. The molecular formula is C28H22N2O7. The number of carbonyl (C=O) groups is 1. The average molecular weight is 498 g/mol. The molecule has 2 amide bonds. The second-order valence-corrected chi connectivity index (χ2v) is 7.80. The summed E-state index contributed by atoms with van der Waals surface area (Å²) in [5.41, 5.74) is 1.20. The summed E-state index contributed by atoms with van der Waals surface area (Å²) in [6.45, 7) is 0. The Morgan fingerprint density at radius 2 is 1.27 bits per heavy atom. The van der Waals surface area contributed by atoms with Crippen molar-refractivity contribution < 1.29 is 29.6 Å².